The predicted octanol–water partition coefficient (Wildman–Crippen LogP) is 3.69. The largest absolute Gasteiger partial charge is 0.392 e. The third-order valence-electron chi connectivity index (χ3n) is 8.67. The molecule has 1 aromatic carbocycles. The van der Waals surface area contributed by atoms with Gasteiger partial charge in [0.1, 0.15) is 5.69 Å². The van der Waals surface area contributed by atoms with Gasteiger partial charge in [-0.05, 0) is 54.4 Å². The van der Waals surface area contributed by atoms with E-state index in [0.717, 1.165) is 31.2 Å². The molecular weight excluding hydrogens is 440 g/mol. The van der Waals surface area contributed by atoms with Gasteiger partial charge in [-0.3, -0.25) is 14.6 Å². The minimum Gasteiger partial charge on any atom is -0.392 e. The first-order chi connectivity index (χ1) is 16.7. The molecule has 0 saturated heterocycles. The molecule has 1 aromatic heterocycles. The standard InChI is InChI=1S/C28H38N4O3/c1-18(27(35)32(4)17-20-8-6-5-7-9-20)21-10-12-28(3)13-11-22(19(2)24(28)25(21)33)31-26(34)23-16-29-14-15-30-23/h5-9,14-16,18-19,21-22,24-25,33H,10-13,17H2,1-4H3,(H,31,34)/t18-,19+,21+,22-,24+,25-,28-/m0/s1. The van der Waals surface area contributed by atoms with Crippen molar-refractivity contribution in [1.29, 1.82) is 0 Å². The summed E-state index contributed by atoms with van der Waals surface area (Å²) in [7, 11) is 1.84. The minimum atomic E-state index is -0.593. The molecule has 2 saturated carbocycles. The molecule has 0 bridgehead atoms. The first-order valence-corrected chi connectivity index (χ1v) is 12.7. The van der Waals surface area contributed by atoms with Crippen LogP contribution in [-0.2, 0) is 11.3 Å². The van der Waals surface area contributed by atoms with Gasteiger partial charge in [0, 0.05) is 37.9 Å². The molecule has 4 rings (SSSR count). The van der Waals surface area contributed by atoms with Crippen LogP contribution in [0, 0.1) is 29.1 Å². The van der Waals surface area contributed by atoms with Crippen LogP contribution in [0.3, 0.4) is 0 Å². The second-order valence-electron chi connectivity index (χ2n) is 10.9. The summed E-state index contributed by atoms with van der Waals surface area (Å²) in [6.07, 6.45) is 7.56. The molecule has 2 fully saturated rings. The average molecular weight is 479 g/mol. The first kappa shape index (κ1) is 25.3. The van der Waals surface area contributed by atoms with E-state index in [1.807, 2.05) is 44.3 Å². The number of aliphatic hydroxyl groups is 1. The molecule has 2 aliphatic carbocycles. The molecule has 35 heavy (non-hydrogen) atoms. The van der Waals surface area contributed by atoms with Gasteiger partial charge in [0.25, 0.3) is 5.91 Å². The Morgan fingerprint density at radius 1 is 1.20 bits per heavy atom. The van der Waals surface area contributed by atoms with E-state index >= 15 is 0 Å². The van der Waals surface area contributed by atoms with Crippen molar-refractivity contribution in [3.8, 4) is 0 Å². The Morgan fingerprint density at radius 3 is 2.60 bits per heavy atom. The van der Waals surface area contributed by atoms with E-state index in [9.17, 15) is 14.7 Å². The van der Waals surface area contributed by atoms with Gasteiger partial charge in [-0.2, -0.15) is 0 Å². The Balaban J connectivity index is 1.45. The van der Waals surface area contributed by atoms with Crippen molar-refractivity contribution in [2.75, 3.05) is 7.05 Å². The summed E-state index contributed by atoms with van der Waals surface area (Å²) < 4.78 is 0. The van der Waals surface area contributed by atoms with Crippen molar-refractivity contribution in [2.24, 2.45) is 29.1 Å². The average Bonchev–Trinajstić information content (AvgIpc) is 2.86. The lowest BCUT2D eigenvalue weighted by Crippen LogP contribution is -2.58. The van der Waals surface area contributed by atoms with Gasteiger partial charge in [-0.1, -0.05) is 51.1 Å². The fourth-order valence-electron chi connectivity index (χ4n) is 6.62. The third-order valence-corrected chi connectivity index (χ3v) is 8.67. The smallest absolute Gasteiger partial charge is 0.271 e. The lowest BCUT2D eigenvalue weighted by molar-refractivity contribution is -0.149. The van der Waals surface area contributed by atoms with Gasteiger partial charge in [0.15, 0.2) is 0 Å². The summed E-state index contributed by atoms with van der Waals surface area (Å²) in [6.45, 7) is 6.91. The van der Waals surface area contributed by atoms with Gasteiger partial charge in [0.2, 0.25) is 5.91 Å². The Hall–Kier alpha value is -2.80. The maximum Gasteiger partial charge on any atom is 0.271 e. The van der Waals surface area contributed by atoms with Crippen LogP contribution < -0.4 is 5.32 Å². The van der Waals surface area contributed by atoms with Gasteiger partial charge >= 0.3 is 0 Å². The van der Waals surface area contributed by atoms with Gasteiger partial charge < -0.3 is 15.3 Å². The van der Waals surface area contributed by atoms with Crippen molar-refractivity contribution in [1.82, 2.24) is 20.2 Å². The van der Waals surface area contributed by atoms with Crippen LogP contribution in [-0.4, -0.2) is 51.0 Å². The summed E-state index contributed by atoms with van der Waals surface area (Å²) in [5.41, 5.74) is 1.40. The van der Waals surface area contributed by atoms with Crippen LogP contribution in [0.4, 0.5) is 0 Å². The number of benzene rings is 1. The van der Waals surface area contributed by atoms with Crippen LogP contribution in [0.2, 0.25) is 0 Å². The highest BCUT2D eigenvalue weighted by atomic mass is 16.3. The van der Waals surface area contributed by atoms with E-state index in [2.05, 4.69) is 29.1 Å². The number of carbonyl (C=O) groups excluding carboxylic acids is 2. The molecule has 0 unspecified atom stereocenters. The molecule has 0 spiro atoms. The molecule has 0 radical (unpaired) electrons. The second-order valence-corrected chi connectivity index (χ2v) is 10.9. The van der Waals surface area contributed by atoms with E-state index < -0.39 is 6.10 Å². The number of aromatic nitrogens is 2. The van der Waals surface area contributed by atoms with Crippen molar-refractivity contribution < 1.29 is 14.7 Å². The molecule has 0 aliphatic heterocycles. The summed E-state index contributed by atoms with van der Waals surface area (Å²) in [4.78, 5) is 35.9. The Bertz CT molecular complexity index is 1020. The van der Waals surface area contributed by atoms with Gasteiger partial charge in [-0.25, -0.2) is 4.98 Å². The fraction of sp³-hybridized carbons (Fsp3) is 0.571. The zero-order valence-corrected chi connectivity index (χ0v) is 21.2. The molecule has 2 amide bonds. The van der Waals surface area contributed by atoms with Gasteiger partial charge in [-0.15, -0.1) is 0 Å². The Kier molecular flexibility index (Phi) is 7.55. The van der Waals surface area contributed by atoms with Crippen molar-refractivity contribution in [3.05, 3.63) is 60.2 Å². The Morgan fingerprint density at radius 2 is 1.91 bits per heavy atom. The van der Waals surface area contributed by atoms with Crippen LogP contribution >= 0.6 is 0 Å². The number of hydrogen-bond acceptors (Lipinski definition) is 5. The predicted molar refractivity (Wildman–Crippen MR) is 134 cm³/mol. The number of hydrogen-bond donors (Lipinski definition) is 2. The maximum atomic E-state index is 13.3. The topological polar surface area (TPSA) is 95.4 Å². The summed E-state index contributed by atoms with van der Waals surface area (Å²) in [5, 5.41) is 14.8. The highest BCUT2D eigenvalue weighted by molar-refractivity contribution is 5.92. The number of fused-ring (bicyclic) bond motifs is 1. The molecule has 7 nitrogen and oxygen atoms in total. The molecule has 188 valence electrons. The fourth-order valence-corrected chi connectivity index (χ4v) is 6.62. The van der Waals surface area contributed by atoms with Crippen LogP contribution in [0.1, 0.15) is 62.5 Å². The number of rotatable bonds is 6. The minimum absolute atomic E-state index is 0.00181. The SMILES string of the molecule is C[C@H]1[C@@H]2[C@@H](O)[C@@H]([C@H](C)C(=O)N(C)Cc3ccccc3)CC[C@@]2(C)CC[C@@H]1NC(=O)c1cnccn1. The molecular formula is C28H38N4O3. The second kappa shape index (κ2) is 10.4. The molecule has 2 N–H and O–H groups in total. The number of carbonyl (C=O) groups is 2. The molecule has 7 atom stereocenters. The van der Waals surface area contributed by atoms with Crippen molar-refractivity contribution in [3.63, 3.8) is 0 Å². The van der Waals surface area contributed by atoms with E-state index in [0.29, 0.717) is 12.2 Å². The quantitative estimate of drug-likeness (QED) is 0.660. The number of aliphatic hydroxyl groups excluding tert-OH is 1. The normalized spacial score (nSPS) is 31.2. The monoisotopic (exact) mass is 478 g/mol. The lowest BCUT2D eigenvalue weighted by atomic mass is 9.51. The molecule has 7 heteroatoms. The summed E-state index contributed by atoms with van der Waals surface area (Å²) in [5.74, 6) is -0.446. The first-order valence-electron chi connectivity index (χ1n) is 12.7. The maximum absolute atomic E-state index is 13.3. The zero-order chi connectivity index (χ0) is 25.2. The number of amides is 2. The van der Waals surface area contributed by atoms with Gasteiger partial charge in [0.05, 0.1) is 12.3 Å². The Labute approximate surface area is 208 Å². The van der Waals surface area contributed by atoms with Crippen LogP contribution in [0.15, 0.2) is 48.9 Å². The highest BCUT2D eigenvalue weighted by Crippen LogP contribution is 2.55. The highest BCUT2D eigenvalue weighted by Gasteiger charge is 2.54. The zero-order valence-electron chi connectivity index (χ0n) is 21.2. The van der Waals surface area contributed by atoms with Crippen molar-refractivity contribution >= 4 is 11.8 Å². The molecule has 2 aliphatic rings. The van der Waals surface area contributed by atoms with Crippen LogP contribution in [0.25, 0.3) is 0 Å². The van der Waals surface area contributed by atoms with E-state index in [1.165, 1.54) is 12.4 Å². The molecule has 1 heterocycles. The molecule has 2 aromatic rings. The number of nitrogens with zero attached hydrogens (tertiary/aromatic N) is 3. The third kappa shape index (κ3) is 5.25. The van der Waals surface area contributed by atoms with E-state index in [4.69, 9.17) is 0 Å². The van der Waals surface area contributed by atoms with E-state index in [-0.39, 0.29) is 46.9 Å². The summed E-state index contributed by atoms with van der Waals surface area (Å²) >= 11 is 0. The summed E-state index contributed by atoms with van der Waals surface area (Å²) in [6, 6.07) is 9.92. The van der Waals surface area contributed by atoms with Crippen molar-refractivity contribution in [2.45, 2.75) is 65.1 Å². The number of nitrogens with one attached hydrogen (secondary N) is 1. The van der Waals surface area contributed by atoms with E-state index in [1.54, 1.807) is 11.1 Å². The lowest BCUT2D eigenvalue weighted by Gasteiger charge is -2.56. The van der Waals surface area contributed by atoms with Crippen LogP contribution in [0.5, 0.6) is 0 Å².